The minimum absolute atomic E-state index is 0.213. The van der Waals surface area contributed by atoms with Gasteiger partial charge in [-0.1, -0.05) is 20.8 Å². The van der Waals surface area contributed by atoms with E-state index in [-0.39, 0.29) is 6.54 Å². The van der Waals surface area contributed by atoms with Gasteiger partial charge in [0.1, 0.15) is 11.1 Å². The quantitative estimate of drug-likeness (QED) is 0.738. The molecule has 0 rings (SSSR count). The molecule has 3 nitrogen and oxygen atoms in total. The van der Waals surface area contributed by atoms with Crippen molar-refractivity contribution < 1.29 is 14.3 Å². The molecule has 0 aromatic heterocycles. The van der Waals surface area contributed by atoms with Gasteiger partial charge in [0.2, 0.25) is 0 Å². The molecule has 0 aliphatic carbocycles. The molecule has 0 heterocycles. The molecule has 4 heteroatoms. The fourth-order valence-electron chi connectivity index (χ4n) is 2.10. The van der Waals surface area contributed by atoms with Crippen molar-refractivity contribution in [1.82, 2.24) is 0 Å². The van der Waals surface area contributed by atoms with Gasteiger partial charge in [0.05, 0.1) is 0 Å². The summed E-state index contributed by atoms with van der Waals surface area (Å²) in [5.41, 5.74) is 1.32. The van der Waals surface area contributed by atoms with Crippen LogP contribution in [0.3, 0.4) is 0 Å². The summed E-state index contributed by atoms with van der Waals surface area (Å²) in [5.74, 6) is -1.18. The smallest absolute Gasteiger partial charge is 0.314 e. The van der Waals surface area contributed by atoms with Gasteiger partial charge in [-0.05, 0) is 19.3 Å². The van der Waals surface area contributed by atoms with Gasteiger partial charge in [-0.2, -0.15) is 0 Å². The summed E-state index contributed by atoms with van der Waals surface area (Å²) in [6, 6.07) is 0. The van der Waals surface area contributed by atoms with Crippen molar-refractivity contribution in [3.63, 3.8) is 0 Å². The Balaban J connectivity index is 5.58. The van der Waals surface area contributed by atoms with Gasteiger partial charge in [0.25, 0.3) is 0 Å². The number of nitrogens with two attached hydrogens (primary N) is 1. The molecule has 0 aromatic rings. The first-order valence-corrected chi connectivity index (χ1v) is 4.63. The van der Waals surface area contributed by atoms with Gasteiger partial charge < -0.3 is 10.8 Å². The minimum atomic E-state index is -1.86. The third-order valence-electron chi connectivity index (χ3n) is 2.97. The maximum Gasteiger partial charge on any atom is 0.314 e. The monoisotopic (exact) mass is 205 g/mol. The average molecular weight is 205 g/mol. The second-order valence-electron chi connectivity index (χ2n) is 5.14. The Labute approximate surface area is 84.5 Å². The van der Waals surface area contributed by atoms with E-state index in [0.29, 0.717) is 0 Å². The highest BCUT2D eigenvalue weighted by atomic mass is 19.1. The number of rotatable bonds is 3. The Morgan fingerprint density at radius 1 is 1.29 bits per heavy atom. The lowest BCUT2D eigenvalue weighted by atomic mass is 9.59. The molecule has 0 spiro atoms. The normalized spacial score (nSPS) is 17.6. The number of halogens is 1. The number of hydrogen-bond acceptors (Lipinski definition) is 2. The Morgan fingerprint density at radius 3 is 1.64 bits per heavy atom. The highest BCUT2D eigenvalue weighted by Crippen LogP contribution is 2.48. The Kier molecular flexibility index (Phi) is 3.34. The van der Waals surface area contributed by atoms with Crippen LogP contribution in [0, 0.1) is 10.8 Å². The van der Waals surface area contributed by atoms with Crippen molar-refractivity contribution in [2.24, 2.45) is 16.6 Å². The van der Waals surface area contributed by atoms with Gasteiger partial charge in [-0.15, -0.1) is 0 Å². The topological polar surface area (TPSA) is 63.3 Å². The molecule has 0 aliphatic rings. The van der Waals surface area contributed by atoms with Gasteiger partial charge in [0, 0.05) is 6.54 Å². The largest absolute Gasteiger partial charge is 0.481 e. The molecule has 0 fully saturated rings. The predicted molar refractivity (Wildman–Crippen MR) is 53.8 cm³/mol. The highest BCUT2D eigenvalue weighted by Gasteiger charge is 2.58. The standard InChI is InChI=1S/C10H20FNO2/c1-8(2,3)10(6-12,7(13)14)9(4,5)11/h6,12H2,1-5H3,(H,13,14). The van der Waals surface area contributed by atoms with Crippen LogP contribution in [0.1, 0.15) is 34.6 Å². The first-order chi connectivity index (χ1) is 6.00. The molecular formula is C10H20FNO2. The lowest BCUT2D eigenvalue weighted by molar-refractivity contribution is -0.170. The summed E-state index contributed by atoms with van der Waals surface area (Å²) in [5, 5.41) is 9.18. The van der Waals surface area contributed by atoms with Crippen LogP contribution in [-0.4, -0.2) is 23.3 Å². The molecule has 3 N–H and O–H groups in total. The molecule has 0 aromatic carbocycles. The van der Waals surface area contributed by atoms with Gasteiger partial charge >= 0.3 is 5.97 Å². The summed E-state index contributed by atoms with van der Waals surface area (Å²) in [7, 11) is 0. The second kappa shape index (κ2) is 3.50. The van der Waals surface area contributed by atoms with Crippen molar-refractivity contribution in [2.45, 2.75) is 40.3 Å². The van der Waals surface area contributed by atoms with Crippen molar-refractivity contribution in [2.75, 3.05) is 6.54 Å². The van der Waals surface area contributed by atoms with Crippen LogP contribution < -0.4 is 5.73 Å². The lowest BCUT2D eigenvalue weighted by Crippen LogP contribution is -2.59. The van der Waals surface area contributed by atoms with Crippen LogP contribution in [-0.2, 0) is 4.79 Å². The van der Waals surface area contributed by atoms with E-state index in [0.717, 1.165) is 0 Å². The minimum Gasteiger partial charge on any atom is -0.481 e. The first kappa shape index (κ1) is 13.4. The van der Waals surface area contributed by atoms with Crippen molar-refractivity contribution in [3.8, 4) is 0 Å². The van der Waals surface area contributed by atoms with Crippen molar-refractivity contribution >= 4 is 5.97 Å². The van der Waals surface area contributed by atoms with Crippen LogP contribution in [0.25, 0.3) is 0 Å². The van der Waals surface area contributed by atoms with E-state index >= 15 is 0 Å². The number of carbonyl (C=O) groups is 1. The van der Waals surface area contributed by atoms with Crippen molar-refractivity contribution in [3.05, 3.63) is 0 Å². The van der Waals surface area contributed by atoms with Crippen LogP contribution >= 0.6 is 0 Å². The van der Waals surface area contributed by atoms with E-state index in [4.69, 9.17) is 5.73 Å². The van der Waals surface area contributed by atoms with Gasteiger partial charge in [-0.3, -0.25) is 4.79 Å². The Bertz CT molecular complexity index is 211. The number of carboxylic acid groups (broad SMARTS) is 1. The third-order valence-corrected chi connectivity index (χ3v) is 2.97. The number of hydrogen-bond donors (Lipinski definition) is 2. The summed E-state index contributed by atoms with van der Waals surface area (Å²) >= 11 is 0. The molecule has 1 atom stereocenters. The third kappa shape index (κ3) is 1.75. The average Bonchev–Trinajstić information content (AvgIpc) is 1.80. The molecule has 0 radical (unpaired) electrons. The predicted octanol–water partition coefficient (Wildman–Crippen LogP) is 1.81. The van der Waals surface area contributed by atoms with Crippen molar-refractivity contribution in [1.29, 1.82) is 0 Å². The maximum atomic E-state index is 14.0. The zero-order chi connectivity index (χ0) is 11.8. The summed E-state index contributed by atoms with van der Waals surface area (Å²) in [6.45, 7) is 7.38. The number of aliphatic carboxylic acids is 1. The molecule has 84 valence electrons. The molecule has 0 amide bonds. The van der Waals surface area contributed by atoms with Crippen LogP contribution in [0.4, 0.5) is 4.39 Å². The Hall–Kier alpha value is -0.640. The molecule has 1 unspecified atom stereocenters. The molecule has 0 saturated carbocycles. The van der Waals surface area contributed by atoms with E-state index in [1.807, 2.05) is 0 Å². The molecule has 0 saturated heterocycles. The number of alkyl halides is 1. The summed E-state index contributed by atoms with van der Waals surface area (Å²) in [6.07, 6.45) is 0. The van der Waals surface area contributed by atoms with E-state index < -0.39 is 22.5 Å². The maximum absolute atomic E-state index is 14.0. The first-order valence-electron chi connectivity index (χ1n) is 4.63. The lowest BCUT2D eigenvalue weighted by Gasteiger charge is -2.46. The highest BCUT2D eigenvalue weighted by molar-refractivity contribution is 5.77. The van der Waals surface area contributed by atoms with Crippen LogP contribution in [0.2, 0.25) is 0 Å². The zero-order valence-electron chi connectivity index (χ0n) is 9.52. The fraction of sp³-hybridized carbons (Fsp3) is 0.900. The van der Waals surface area contributed by atoms with Crippen LogP contribution in [0.5, 0.6) is 0 Å². The fourth-order valence-corrected chi connectivity index (χ4v) is 2.10. The Morgan fingerprint density at radius 2 is 1.64 bits per heavy atom. The summed E-state index contributed by atoms with van der Waals surface area (Å²) in [4.78, 5) is 11.2. The van der Waals surface area contributed by atoms with E-state index in [2.05, 4.69) is 0 Å². The molecular weight excluding hydrogens is 185 g/mol. The molecule has 0 bridgehead atoms. The van der Waals surface area contributed by atoms with Gasteiger partial charge in [0.15, 0.2) is 0 Å². The molecule has 14 heavy (non-hydrogen) atoms. The van der Waals surface area contributed by atoms with Gasteiger partial charge in [-0.25, -0.2) is 4.39 Å². The van der Waals surface area contributed by atoms with Crippen LogP contribution in [0.15, 0.2) is 0 Å². The second-order valence-corrected chi connectivity index (χ2v) is 5.14. The van der Waals surface area contributed by atoms with E-state index in [1.165, 1.54) is 13.8 Å². The summed E-state index contributed by atoms with van der Waals surface area (Å²) < 4.78 is 14.0. The SMILES string of the molecule is CC(C)(C)C(CN)(C(=O)O)C(C)(C)F. The van der Waals surface area contributed by atoms with E-state index in [1.54, 1.807) is 20.8 Å². The molecule has 0 aliphatic heterocycles. The van der Waals surface area contributed by atoms with E-state index in [9.17, 15) is 14.3 Å². The number of carboxylic acids is 1. The zero-order valence-corrected chi connectivity index (χ0v) is 9.52.